The van der Waals surface area contributed by atoms with Gasteiger partial charge in [0, 0.05) is 0 Å². The van der Waals surface area contributed by atoms with E-state index in [4.69, 9.17) is 0 Å². The number of hydrogen-bond donors (Lipinski definition) is 0. The molecular formula is C8H18O. The SMILES string of the molecule is CC(C)(C)C.CC(C)=O. The Morgan fingerprint density at radius 3 is 1.00 bits per heavy atom. The topological polar surface area (TPSA) is 17.1 Å². The molecule has 0 aliphatic rings. The predicted octanol–water partition coefficient (Wildman–Crippen LogP) is 2.65. The van der Waals surface area contributed by atoms with Gasteiger partial charge in [-0.1, -0.05) is 27.7 Å². The van der Waals surface area contributed by atoms with Gasteiger partial charge in [-0.25, -0.2) is 0 Å². The number of ketones is 1. The van der Waals surface area contributed by atoms with Gasteiger partial charge in [-0.15, -0.1) is 0 Å². The van der Waals surface area contributed by atoms with Gasteiger partial charge in [-0.05, 0) is 19.3 Å². The lowest BCUT2D eigenvalue weighted by atomic mass is 10.0. The van der Waals surface area contributed by atoms with Crippen molar-refractivity contribution in [3.63, 3.8) is 0 Å². The van der Waals surface area contributed by atoms with Crippen molar-refractivity contribution in [1.29, 1.82) is 0 Å². The van der Waals surface area contributed by atoms with Gasteiger partial charge in [0.25, 0.3) is 0 Å². The molecule has 0 aromatic carbocycles. The Kier molecular flexibility index (Phi) is 5.78. The average molecular weight is 130 g/mol. The van der Waals surface area contributed by atoms with Crippen LogP contribution in [0.3, 0.4) is 0 Å². The van der Waals surface area contributed by atoms with Crippen LogP contribution < -0.4 is 0 Å². The van der Waals surface area contributed by atoms with Crippen molar-refractivity contribution in [2.45, 2.75) is 41.5 Å². The highest BCUT2D eigenvalue weighted by Gasteiger charge is 1.95. The lowest BCUT2D eigenvalue weighted by Crippen LogP contribution is -1.93. The van der Waals surface area contributed by atoms with Crippen molar-refractivity contribution >= 4 is 5.78 Å². The largest absolute Gasteiger partial charge is 0.300 e. The quantitative estimate of drug-likeness (QED) is 0.492. The summed E-state index contributed by atoms with van der Waals surface area (Å²) in [5.74, 6) is 0.167. The van der Waals surface area contributed by atoms with Crippen LogP contribution in [0.1, 0.15) is 41.5 Å². The first kappa shape index (κ1) is 11.5. The summed E-state index contributed by atoms with van der Waals surface area (Å²) in [5, 5.41) is 0. The summed E-state index contributed by atoms with van der Waals surface area (Å²) in [4.78, 5) is 9.44. The number of Topliss-reactive ketones (excluding diaryl/α,β-unsaturated/α-hetero) is 1. The van der Waals surface area contributed by atoms with Gasteiger partial charge in [0.15, 0.2) is 0 Å². The van der Waals surface area contributed by atoms with Crippen LogP contribution in [0.25, 0.3) is 0 Å². The summed E-state index contributed by atoms with van der Waals surface area (Å²) >= 11 is 0. The molecule has 9 heavy (non-hydrogen) atoms. The van der Waals surface area contributed by atoms with Crippen LogP contribution in [-0.2, 0) is 4.79 Å². The molecule has 0 radical (unpaired) electrons. The zero-order valence-electron chi connectivity index (χ0n) is 7.41. The standard InChI is InChI=1S/C5H12.C3H6O/c1-5(2,3)4;1-3(2)4/h1-4H3;1-2H3. The third-order valence-electron chi connectivity index (χ3n) is 0. The summed E-state index contributed by atoms with van der Waals surface area (Å²) in [6, 6.07) is 0. The number of hydrogen-bond acceptors (Lipinski definition) is 1. The second-order valence-corrected chi connectivity index (χ2v) is 3.91. The summed E-state index contributed by atoms with van der Waals surface area (Å²) in [6.45, 7) is 11.8. The molecule has 1 heteroatoms. The van der Waals surface area contributed by atoms with Crippen LogP contribution in [0, 0.1) is 5.41 Å². The highest BCUT2D eigenvalue weighted by molar-refractivity contribution is 5.72. The van der Waals surface area contributed by atoms with E-state index >= 15 is 0 Å². The highest BCUT2D eigenvalue weighted by atomic mass is 16.1. The average Bonchev–Trinajstić information content (AvgIpc) is 1.19. The monoisotopic (exact) mass is 130 g/mol. The van der Waals surface area contributed by atoms with Gasteiger partial charge >= 0.3 is 0 Å². The summed E-state index contributed by atoms with van der Waals surface area (Å²) in [6.07, 6.45) is 0. The van der Waals surface area contributed by atoms with Crippen LogP contribution in [0.2, 0.25) is 0 Å². The Bertz CT molecular complexity index is 67.1. The molecule has 0 bridgehead atoms. The van der Waals surface area contributed by atoms with E-state index < -0.39 is 0 Å². The highest BCUT2D eigenvalue weighted by Crippen LogP contribution is 2.07. The van der Waals surface area contributed by atoms with Gasteiger partial charge in [0.1, 0.15) is 5.78 Å². The molecule has 0 saturated carbocycles. The molecule has 0 amide bonds. The molecule has 56 valence electrons. The lowest BCUT2D eigenvalue weighted by molar-refractivity contribution is -0.114. The van der Waals surface area contributed by atoms with Crippen molar-refractivity contribution in [1.82, 2.24) is 0 Å². The molecule has 0 unspecified atom stereocenters. The Hall–Kier alpha value is -0.330. The van der Waals surface area contributed by atoms with Crippen molar-refractivity contribution in [3.8, 4) is 0 Å². The van der Waals surface area contributed by atoms with E-state index in [9.17, 15) is 4.79 Å². The first-order valence-corrected chi connectivity index (χ1v) is 3.20. The van der Waals surface area contributed by atoms with Crippen molar-refractivity contribution in [2.75, 3.05) is 0 Å². The molecule has 0 fully saturated rings. The minimum absolute atomic E-state index is 0.167. The molecule has 0 spiro atoms. The number of carbonyl (C=O) groups excluding carboxylic acids is 1. The Balaban J connectivity index is 0. The van der Waals surface area contributed by atoms with Gasteiger partial charge in [0.05, 0.1) is 0 Å². The smallest absolute Gasteiger partial charge is 0.126 e. The van der Waals surface area contributed by atoms with E-state index in [0.29, 0.717) is 5.41 Å². The molecule has 0 saturated heterocycles. The van der Waals surface area contributed by atoms with E-state index in [1.807, 2.05) is 0 Å². The lowest BCUT2D eigenvalue weighted by Gasteiger charge is -2.05. The molecule has 0 atom stereocenters. The van der Waals surface area contributed by atoms with E-state index in [2.05, 4.69) is 27.7 Å². The van der Waals surface area contributed by atoms with Gasteiger partial charge in [-0.3, -0.25) is 0 Å². The maximum Gasteiger partial charge on any atom is 0.126 e. The zero-order valence-corrected chi connectivity index (χ0v) is 7.41. The van der Waals surface area contributed by atoms with E-state index in [0.717, 1.165) is 0 Å². The van der Waals surface area contributed by atoms with E-state index in [-0.39, 0.29) is 5.78 Å². The molecule has 0 heterocycles. The van der Waals surface area contributed by atoms with Gasteiger partial charge < -0.3 is 4.79 Å². The second-order valence-electron chi connectivity index (χ2n) is 3.91. The molecular weight excluding hydrogens is 112 g/mol. The Morgan fingerprint density at radius 2 is 1.00 bits per heavy atom. The van der Waals surface area contributed by atoms with E-state index in [1.165, 1.54) is 13.8 Å². The van der Waals surface area contributed by atoms with Crippen molar-refractivity contribution < 1.29 is 4.79 Å². The third kappa shape index (κ3) is 2260. The normalized spacial score (nSPS) is 9.56. The minimum atomic E-state index is 0.167. The predicted molar refractivity (Wildman–Crippen MR) is 41.5 cm³/mol. The fraction of sp³-hybridized carbons (Fsp3) is 0.875. The maximum atomic E-state index is 9.44. The van der Waals surface area contributed by atoms with Gasteiger partial charge in [-0.2, -0.15) is 0 Å². The summed E-state index contributed by atoms with van der Waals surface area (Å²) in [7, 11) is 0. The molecule has 0 aromatic rings. The van der Waals surface area contributed by atoms with Crippen molar-refractivity contribution in [2.24, 2.45) is 5.41 Å². The number of rotatable bonds is 0. The van der Waals surface area contributed by atoms with E-state index in [1.54, 1.807) is 0 Å². The minimum Gasteiger partial charge on any atom is -0.300 e. The van der Waals surface area contributed by atoms with Crippen LogP contribution in [0.4, 0.5) is 0 Å². The molecule has 1 nitrogen and oxygen atoms in total. The number of carbonyl (C=O) groups is 1. The maximum absolute atomic E-state index is 9.44. The Morgan fingerprint density at radius 1 is 1.00 bits per heavy atom. The molecule has 0 N–H and O–H groups in total. The molecule has 0 rings (SSSR count). The van der Waals surface area contributed by atoms with Crippen LogP contribution >= 0.6 is 0 Å². The van der Waals surface area contributed by atoms with Gasteiger partial charge in [0.2, 0.25) is 0 Å². The second kappa shape index (κ2) is 4.54. The molecule has 0 aromatic heterocycles. The Labute approximate surface area is 58.5 Å². The van der Waals surface area contributed by atoms with Crippen LogP contribution in [-0.4, -0.2) is 5.78 Å². The molecule has 0 aliphatic carbocycles. The van der Waals surface area contributed by atoms with Crippen molar-refractivity contribution in [3.05, 3.63) is 0 Å². The fourth-order valence-corrected chi connectivity index (χ4v) is 0. The van der Waals surface area contributed by atoms with Crippen LogP contribution in [0.15, 0.2) is 0 Å². The third-order valence-corrected chi connectivity index (χ3v) is 0. The first-order chi connectivity index (χ1) is 3.73. The first-order valence-electron chi connectivity index (χ1n) is 3.20. The fourth-order valence-electron chi connectivity index (χ4n) is 0. The van der Waals surface area contributed by atoms with Crippen LogP contribution in [0.5, 0.6) is 0 Å². The zero-order chi connectivity index (χ0) is 8.08. The summed E-state index contributed by atoms with van der Waals surface area (Å²) < 4.78 is 0. The summed E-state index contributed by atoms with van der Waals surface area (Å²) in [5.41, 5.74) is 0.500. The molecule has 0 aliphatic heterocycles.